The van der Waals surface area contributed by atoms with E-state index in [0.717, 1.165) is 5.56 Å². The maximum absolute atomic E-state index is 12.2. The summed E-state index contributed by atoms with van der Waals surface area (Å²) in [6.07, 6.45) is 1.74. The first-order chi connectivity index (χ1) is 10.5. The van der Waals surface area contributed by atoms with Crippen molar-refractivity contribution < 1.29 is 19.5 Å². The third-order valence-corrected chi connectivity index (χ3v) is 4.38. The SMILES string of the molecule is O=C(CN1Cc2ccccc2C1=O)N[C@@H]1CC[C@H](C(=O)O)C1. The summed E-state index contributed by atoms with van der Waals surface area (Å²) in [4.78, 5) is 36.7. The Bertz CT molecular complexity index is 628. The van der Waals surface area contributed by atoms with Crippen LogP contribution < -0.4 is 5.32 Å². The van der Waals surface area contributed by atoms with Crippen molar-refractivity contribution in [3.8, 4) is 0 Å². The molecule has 0 unspecified atom stereocenters. The molecule has 1 aliphatic heterocycles. The molecule has 1 aromatic carbocycles. The van der Waals surface area contributed by atoms with Gasteiger partial charge in [-0.2, -0.15) is 0 Å². The average molecular weight is 302 g/mol. The van der Waals surface area contributed by atoms with Gasteiger partial charge in [0.25, 0.3) is 5.91 Å². The number of hydrogen-bond acceptors (Lipinski definition) is 3. The van der Waals surface area contributed by atoms with Gasteiger partial charge in [-0.1, -0.05) is 18.2 Å². The van der Waals surface area contributed by atoms with E-state index in [2.05, 4.69) is 5.32 Å². The van der Waals surface area contributed by atoms with E-state index in [4.69, 9.17) is 5.11 Å². The molecule has 0 bridgehead atoms. The Labute approximate surface area is 128 Å². The number of amides is 2. The highest BCUT2D eigenvalue weighted by molar-refractivity contribution is 6.00. The monoisotopic (exact) mass is 302 g/mol. The molecule has 22 heavy (non-hydrogen) atoms. The summed E-state index contributed by atoms with van der Waals surface area (Å²) in [6, 6.07) is 7.24. The van der Waals surface area contributed by atoms with E-state index in [-0.39, 0.29) is 30.3 Å². The fourth-order valence-electron chi connectivity index (χ4n) is 3.23. The summed E-state index contributed by atoms with van der Waals surface area (Å²) < 4.78 is 0. The van der Waals surface area contributed by atoms with Crippen molar-refractivity contribution >= 4 is 17.8 Å². The number of nitrogens with zero attached hydrogens (tertiary/aromatic N) is 1. The van der Waals surface area contributed by atoms with Crippen LogP contribution in [0.3, 0.4) is 0 Å². The topological polar surface area (TPSA) is 86.7 Å². The molecule has 1 aromatic rings. The normalized spacial score (nSPS) is 23.5. The fourth-order valence-corrected chi connectivity index (χ4v) is 3.23. The minimum atomic E-state index is -0.804. The van der Waals surface area contributed by atoms with E-state index in [1.807, 2.05) is 18.2 Å². The quantitative estimate of drug-likeness (QED) is 0.869. The third-order valence-electron chi connectivity index (χ3n) is 4.38. The lowest BCUT2D eigenvalue weighted by atomic mass is 10.1. The molecule has 0 radical (unpaired) electrons. The van der Waals surface area contributed by atoms with Crippen LogP contribution in [0.4, 0.5) is 0 Å². The number of carboxylic acids is 1. The molecule has 0 spiro atoms. The second kappa shape index (κ2) is 5.79. The van der Waals surface area contributed by atoms with Crippen LogP contribution in [0, 0.1) is 5.92 Å². The average Bonchev–Trinajstić information content (AvgIpc) is 3.06. The van der Waals surface area contributed by atoms with Crippen LogP contribution in [0.1, 0.15) is 35.2 Å². The molecule has 0 saturated heterocycles. The largest absolute Gasteiger partial charge is 0.481 e. The molecule has 1 fully saturated rings. The van der Waals surface area contributed by atoms with Crippen LogP contribution in [-0.2, 0) is 16.1 Å². The second-order valence-electron chi connectivity index (χ2n) is 5.93. The molecule has 1 saturated carbocycles. The van der Waals surface area contributed by atoms with Gasteiger partial charge in [-0.3, -0.25) is 14.4 Å². The zero-order valence-corrected chi connectivity index (χ0v) is 12.1. The fraction of sp³-hybridized carbons (Fsp3) is 0.438. The first kappa shape index (κ1) is 14.6. The van der Waals surface area contributed by atoms with E-state index < -0.39 is 5.97 Å². The van der Waals surface area contributed by atoms with Crippen molar-refractivity contribution in [1.29, 1.82) is 0 Å². The van der Waals surface area contributed by atoms with Gasteiger partial charge in [-0.15, -0.1) is 0 Å². The number of aliphatic carboxylic acids is 1. The standard InChI is InChI=1S/C16H18N2O4/c19-14(17-12-6-5-10(7-12)16(21)22)9-18-8-11-3-1-2-4-13(11)15(18)20/h1-4,10,12H,5-9H2,(H,17,19)(H,21,22)/t10-,12+/m0/s1. The second-order valence-corrected chi connectivity index (χ2v) is 5.93. The van der Waals surface area contributed by atoms with Crippen molar-refractivity contribution in [2.45, 2.75) is 31.8 Å². The van der Waals surface area contributed by atoms with Crippen LogP contribution in [0.15, 0.2) is 24.3 Å². The molecule has 116 valence electrons. The van der Waals surface area contributed by atoms with Gasteiger partial charge in [-0.05, 0) is 30.9 Å². The molecule has 1 aliphatic carbocycles. The molecule has 2 aliphatic rings. The number of carbonyl (C=O) groups is 3. The van der Waals surface area contributed by atoms with Gasteiger partial charge in [-0.25, -0.2) is 0 Å². The summed E-state index contributed by atoms with van der Waals surface area (Å²) in [5.41, 5.74) is 1.59. The van der Waals surface area contributed by atoms with Crippen molar-refractivity contribution in [2.24, 2.45) is 5.92 Å². The Kier molecular flexibility index (Phi) is 3.83. The molecule has 0 aromatic heterocycles. The van der Waals surface area contributed by atoms with Gasteiger partial charge in [0.1, 0.15) is 6.54 Å². The predicted octanol–water partition coefficient (Wildman–Crippen LogP) is 1.01. The number of carbonyl (C=O) groups excluding carboxylic acids is 2. The number of hydrogen-bond donors (Lipinski definition) is 2. The summed E-state index contributed by atoms with van der Waals surface area (Å²) in [5, 5.41) is 11.8. The highest BCUT2D eigenvalue weighted by Gasteiger charge is 2.32. The van der Waals surface area contributed by atoms with Gasteiger partial charge in [0.05, 0.1) is 5.92 Å². The van der Waals surface area contributed by atoms with Crippen LogP contribution in [0.25, 0.3) is 0 Å². The van der Waals surface area contributed by atoms with Gasteiger partial charge >= 0.3 is 5.97 Å². The summed E-state index contributed by atoms with van der Waals surface area (Å²) in [7, 11) is 0. The number of carboxylic acid groups (broad SMARTS) is 1. The van der Waals surface area contributed by atoms with E-state index >= 15 is 0 Å². The summed E-state index contributed by atoms with van der Waals surface area (Å²) in [5.74, 6) is -1.53. The highest BCUT2D eigenvalue weighted by Crippen LogP contribution is 2.26. The minimum Gasteiger partial charge on any atom is -0.481 e. The van der Waals surface area contributed by atoms with Crippen molar-refractivity contribution in [2.75, 3.05) is 6.54 Å². The smallest absolute Gasteiger partial charge is 0.306 e. The Balaban J connectivity index is 1.54. The number of rotatable bonds is 4. The van der Waals surface area contributed by atoms with E-state index in [0.29, 0.717) is 31.4 Å². The Hall–Kier alpha value is -2.37. The van der Waals surface area contributed by atoms with Gasteiger partial charge in [0.15, 0.2) is 0 Å². The summed E-state index contributed by atoms with van der Waals surface area (Å²) >= 11 is 0. The van der Waals surface area contributed by atoms with Crippen LogP contribution in [-0.4, -0.2) is 40.4 Å². The number of benzene rings is 1. The number of nitrogens with one attached hydrogen (secondary N) is 1. The maximum Gasteiger partial charge on any atom is 0.306 e. The van der Waals surface area contributed by atoms with Gasteiger partial charge in [0.2, 0.25) is 5.91 Å². The van der Waals surface area contributed by atoms with Crippen LogP contribution in [0.2, 0.25) is 0 Å². The molecule has 3 rings (SSSR count). The molecule has 2 amide bonds. The highest BCUT2D eigenvalue weighted by atomic mass is 16.4. The zero-order chi connectivity index (χ0) is 15.7. The third kappa shape index (κ3) is 2.81. The lowest BCUT2D eigenvalue weighted by Crippen LogP contribution is -2.41. The zero-order valence-electron chi connectivity index (χ0n) is 12.1. The Morgan fingerprint density at radius 1 is 1.27 bits per heavy atom. The molecule has 6 heteroatoms. The van der Waals surface area contributed by atoms with E-state index in [9.17, 15) is 14.4 Å². The molecular formula is C16H18N2O4. The van der Waals surface area contributed by atoms with E-state index in [1.165, 1.54) is 4.90 Å². The van der Waals surface area contributed by atoms with Crippen molar-refractivity contribution in [1.82, 2.24) is 10.2 Å². The van der Waals surface area contributed by atoms with Gasteiger partial charge in [0, 0.05) is 18.2 Å². The Morgan fingerprint density at radius 2 is 2.05 bits per heavy atom. The first-order valence-electron chi connectivity index (χ1n) is 7.44. The predicted molar refractivity (Wildman–Crippen MR) is 78.1 cm³/mol. The molecule has 1 heterocycles. The maximum atomic E-state index is 12.2. The van der Waals surface area contributed by atoms with Gasteiger partial charge < -0.3 is 15.3 Å². The Morgan fingerprint density at radius 3 is 2.73 bits per heavy atom. The van der Waals surface area contributed by atoms with Crippen molar-refractivity contribution in [3.63, 3.8) is 0 Å². The van der Waals surface area contributed by atoms with Crippen LogP contribution >= 0.6 is 0 Å². The minimum absolute atomic E-state index is 0.0156. The molecule has 2 atom stereocenters. The van der Waals surface area contributed by atoms with Crippen molar-refractivity contribution in [3.05, 3.63) is 35.4 Å². The summed E-state index contributed by atoms with van der Waals surface area (Å²) in [6.45, 7) is 0.465. The molecular weight excluding hydrogens is 284 g/mol. The number of fused-ring (bicyclic) bond motifs is 1. The lowest BCUT2D eigenvalue weighted by Gasteiger charge is -2.18. The molecule has 6 nitrogen and oxygen atoms in total. The lowest BCUT2D eigenvalue weighted by molar-refractivity contribution is -0.141. The molecule has 2 N–H and O–H groups in total. The first-order valence-corrected chi connectivity index (χ1v) is 7.44. The van der Waals surface area contributed by atoms with E-state index in [1.54, 1.807) is 6.07 Å². The van der Waals surface area contributed by atoms with Crippen LogP contribution in [0.5, 0.6) is 0 Å².